The second-order valence-corrected chi connectivity index (χ2v) is 8.21. The number of unbranched alkanes of at least 4 members (excludes halogenated alkanes) is 1. The maximum atomic E-state index is 13.3. The number of hydrogen-bond donors (Lipinski definition) is 1. The van der Waals surface area contributed by atoms with E-state index >= 15 is 0 Å². The summed E-state index contributed by atoms with van der Waals surface area (Å²) >= 11 is 0. The van der Waals surface area contributed by atoms with Gasteiger partial charge in [0.15, 0.2) is 0 Å². The summed E-state index contributed by atoms with van der Waals surface area (Å²) in [7, 11) is 0. The fourth-order valence-corrected chi connectivity index (χ4v) is 4.28. The molecule has 3 rings (SSSR count). The molecule has 1 aromatic rings. The highest BCUT2D eigenvalue weighted by molar-refractivity contribution is 5.90. The lowest BCUT2D eigenvalue weighted by Gasteiger charge is -2.51. The molecule has 0 aliphatic carbocycles. The molecule has 2 fully saturated rings. The Bertz CT molecular complexity index is 813. The summed E-state index contributed by atoms with van der Waals surface area (Å²) in [4.78, 5) is 44.0. The van der Waals surface area contributed by atoms with Crippen LogP contribution in [0.15, 0.2) is 42.5 Å². The Labute approximate surface area is 190 Å². The van der Waals surface area contributed by atoms with Crippen LogP contribution in [0.5, 0.6) is 0 Å². The average Bonchev–Trinajstić information content (AvgIpc) is 2.80. The maximum Gasteiger partial charge on any atom is 0.411 e. The SMILES string of the molecule is CCC/C=C/COC(=O)N1CCC(=O)N2C(CCCN)C(=O)N(Cc3ccccc3)C[C@H]12. The second-order valence-electron chi connectivity index (χ2n) is 8.21. The van der Waals surface area contributed by atoms with E-state index in [4.69, 9.17) is 10.5 Å². The number of allylic oxidation sites excluding steroid dienone is 1. The Morgan fingerprint density at radius 3 is 2.72 bits per heavy atom. The molecule has 1 aromatic carbocycles. The van der Waals surface area contributed by atoms with Gasteiger partial charge >= 0.3 is 6.09 Å². The number of benzene rings is 1. The summed E-state index contributed by atoms with van der Waals surface area (Å²) in [6.45, 7) is 3.69. The van der Waals surface area contributed by atoms with E-state index in [9.17, 15) is 14.4 Å². The molecule has 8 heteroatoms. The van der Waals surface area contributed by atoms with Crippen molar-refractivity contribution in [2.24, 2.45) is 5.73 Å². The minimum absolute atomic E-state index is 0.0929. The molecule has 3 amide bonds. The van der Waals surface area contributed by atoms with E-state index in [1.54, 1.807) is 14.7 Å². The fourth-order valence-electron chi connectivity index (χ4n) is 4.28. The Hall–Kier alpha value is -2.87. The van der Waals surface area contributed by atoms with Crippen molar-refractivity contribution < 1.29 is 19.1 Å². The predicted molar refractivity (Wildman–Crippen MR) is 121 cm³/mol. The lowest BCUT2D eigenvalue weighted by atomic mass is 9.99. The number of carbonyl (C=O) groups excluding carboxylic acids is 3. The van der Waals surface area contributed by atoms with E-state index in [-0.39, 0.29) is 37.9 Å². The minimum Gasteiger partial charge on any atom is -0.445 e. The number of nitrogens with zero attached hydrogens (tertiary/aromatic N) is 3. The molecule has 0 aromatic heterocycles. The molecule has 0 saturated carbocycles. The van der Waals surface area contributed by atoms with Crippen molar-refractivity contribution in [2.45, 2.75) is 57.8 Å². The van der Waals surface area contributed by atoms with Gasteiger partial charge in [0.1, 0.15) is 18.8 Å². The van der Waals surface area contributed by atoms with Crippen molar-refractivity contribution in [3.63, 3.8) is 0 Å². The Morgan fingerprint density at radius 1 is 1.22 bits per heavy atom. The zero-order chi connectivity index (χ0) is 22.9. The van der Waals surface area contributed by atoms with Crippen molar-refractivity contribution in [1.29, 1.82) is 0 Å². The largest absolute Gasteiger partial charge is 0.445 e. The van der Waals surface area contributed by atoms with Crippen molar-refractivity contribution in [3.8, 4) is 0 Å². The van der Waals surface area contributed by atoms with E-state index in [1.165, 1.54) is 0 Å². The molecule has 2 atom stereocenters. The minimum atomic E-state index is -0.617. The third kappa shape index (κ3) is 5.68. The molecule has 174 valence electrons. The number of nitrogens with two attached hydrogens (primary N) is 1. The van der Waals surface area contributed by atoms with Crippen molar-refractivity contribution in [2.75, 3.05) is 26.2 Å². The molecular weight excluding hydrogens is 408 g/mol. The number of piperazine rings is 1. The van der Waals surface area contributed by atoms with Gasteiger partial charge in [0.2, 0.25) is 11.8 Å². The molecule has 0 bridgehead atoms. The predicted octanol–water partition coefficient (Wildman–Crippen LogP) is 2.49. The normalized spacial score (nSPS) is 21.2. The highest BCUT2D eigenvalue weighted by Gasteiger charge is 2.48. The quantitative estimate of drug-likeness (QED) is 0.593. The smallest absolute Gasteiger partial charge is 0.411 e. The zero-order valence-corrected chi connectivity index (χ0v) is 18.8. The van der Waals surface area contributed by atoms with E-state index in [0.29, 0.717) is 25.9 Å². The van der Waals surface area contributed by atoms with Crippen LogP contribution in [0.1, 0.15) is 44.6 Å². The van der Waals surface area contributed by atoms with Crippen molar-refractivity contribution >= 4 is 17.9 Å². The topological polar surface area (TPSA) is 96.2 Å². The maximum absolute atomic E-state index is 13.3. The number of rotatable bonds is 9. The van der Waals surface area contributed by atoms with E-state index < -0.39 is 18.3 Å². The highest BCUT2D eigenvalue weighted by atomic mass is 16.6. The first-order valence-electron chi connectivity index (χ1n) is 11.5. The van der Waals surface area contributed by atoms with Gasteiger partial charge in [-0.25, -0.2) is 4.79 Å². The molecule has 2 aliphatic rings. The van der Waals surface area contributed by atoms with Gasteiger partial charge in [0.25, 0.3) is 0 Å². The third-order valence-electron chi connectivity index (χ3n) is 5.91. The molecule has 2 saturated heterocycles. The average molecular weight is 443 g/mol. The fraction of sp³-hybridized carbons (Fsp3) is 0.542. The summed E-state index contributed by atoms with van der Waals surface area (Å²) in [6, 6.07) is 9.11. The molecule has 2 N–H and O–H groups in total. The van der Waals surface area contributed by atoms with Crippen molar-refractivity contribution in [1.82, 2.24) is 14.7 Å². The van der Waals surface area contributed by atoms with Crippen LogP contribution in [0.4, 0.5) is 4.79 Å². The number of fused-ring (bicyclic) bond motifs is 1. The van der Waals surface area contributed by atoms with Crippen LogP contribution in [0, 0.1) is 0 Å². The Balaban J connectivity index is 1.79. The standard InChI is InChI=1S/C24H34N4O4/c1-2-3-4-8-16-32-24(31)27-15-13-22(29)28-20(12-9-14-25)23(30)26(18-21(27)28)17-19-10-6-5-7-11-19/h4-8,10-11,20-21H,2-3,9,12-18,25H2,1H3/b8-4+/t20?,21-/m1/s1. The van der Waals surface area contributed by atoms with E-state index in [1.807, 2.05) is 42.5 Å². The second kappa shape index (κ2) is 11.7. The van der Waals surface area contributed by atoms with Gasteiger partial charge in [0, 0.05) is 19.5 Å². The molecule has 0 radical (unpaired) electrons. The first-order valence-corrected chi connectivity index (χ1v) is 11.5. The van der Waals surface area contributed by atoms with Gasteiger partial charge < -0.3 is 20.3 Å². The summed E-state index contributed by atoms with van der Waals surface area (Å²) in [5, 5.41) is 0. The molecule has 2 aliphatic heterocycles. The zero-order valence-electron chi connectivity index (χ0n) is 18.8. The molecule has 32 heavy (non-hydrogen) atoms. The van der Waals surface area contributed by atoms with E-state index in [2.05, 4.69) is 6.92 Å². The summed E-state index contributed by atoms with van der Waals surface area (Å²) in [5.74, 6) is -0.193. The van der Waals surface area contributed by atoms with Gasteiger partial charge in [-0.1, -0.05) is 55.8 Å². The molecule has 2 heterocycles. The van der Waals surface area contributed by atoms with Crippen LogP contribution in [0.25, 0.3) is 0 Å². The first-order chi connectivity index (χ1) is 15.6. The molecular formula is C24H34N4O4. The molecule has 0 spiro atoms. The van der Waals surface area contributed by atoms with Crippen LogP contribution >= 0.6 is 0 Å². The van der Waals surface area contributed by atoms with Crippen molar-refractivity contribution in [3.05, 3.63) is 48.0 Å². The monoisotopic (exact) mass is 442 g/mol. The summed E-state index contributed by atoms with van der Waals surface area (Å²) in [6.07, 6.45) is 6.09. The van der Waals surface area contributed by atoms with E-state index in [0.717, 1.165) is 18.4 Å². The first kappa shape index (κ1) is 23.8. The van der Waals surface area contributed by atoms with Gasteiger partial charge in [-0.2, -0.15) is 0 Å². The number of ether oxygens (including phenoxy) is 1. The van der Waals surface area contributed by atoms with Crippen LogP contribution in [-0.2, 0) is 20.9 Å². The molecule has 8 nitrogen and oxygen atoms in total. The van der Waals surface area contributed by atoms with Crippen LogP contribution in [0.2, 0.25) is 0 Å². The summed E-state index contributed by atoms with van der Waals surface area (Å²) < 4.78 is 5.45. The molecule has 1 unspecified atom stereocenters. The number of carbonyl (C=O) groups is 3. The van der Waals surface area contributed by atoms with Gasteiger partial charge in [-0.15, -0.1) is 0 Å². The van der Waals surface area contributed by atoms with Gasteiger partial charge in [-0.3, -0.25) is 14.5 Å². The van der Waals surface area contributed by atoms with Crippen LogP contribution < -0.4 is 5.73 Å². The Morgan fingerprint density at radius 2 is 2.00 bits per heavy atom. The van der Waals surface area contributed by atoms with Crippen LogP contribution in [0.3, 0.4) is 0 Å². The van der Waals surface area contributed by atoms with Gasteiger partial charge in [-0.05, 0) is 31.4 Å². The number of hydrogen-bond acceptors (Lipinski definition) is 5. The highest BCUT2D eigenvalue weighted by Crippen LogP contribution is 2.29. The Kier molecular flexibility index (Phi) is 8.67. The lowest BCUT2D eigenvalue weighted by Crippen LogP contribution is -2.71. The number of amides is 3. The summed E-state index contributed by atoms with van der Waals surface area (Å²) in [5.41, 5.74) is 6.70. The van der Waals surface area contributed by atoms with Gasteiger partial charge in [0.05, 0.1) is 6.54 Å². The third-order valence-corrected chi connectivity index (χ3v) is 5.91. The van der Waals surface area contributed by atoms with Crippen LogP contribution in [-0.4, -0.2) is 71.1 Å². The lowest BCUT2D eigenvalue weighted by molar-refractivity contribution is -0.168.